The number of aliphatic hydroxyl groups excluding tert-OH is 1. The summed E-state index contributed by atoms with van der Waals surface area (Å²) < 4.78 is 0. The maximum Gasteiger partial charge on any atom is 0.164 e. The van der Waals surface area contributed by atoms with Crippen LogP contribution in [0.2, 0.25) is 0 Å². The number of hydrogen-bond acceptors (Lipinski definition) is 5. The molecular formula is C9H11N3OS. The number of anilines is 1. The molecule has 0 spiro atoms. The van der Waals surface area contributed by atoms with E-state index in [0.717, 1.165) is 0 Å². The molecule has 0 aliphatic carbocycles. The number of rotatable bonds is 3. The first-order valence-corrected chi connectivity index (χ1v) is 4.99. The minimum atomic E-state index is 0.0673. The molecule has 0 radical (unpaired) electrons. The molecule has 5 heteroatoms. The summed E-state index contributed by atoms with van der Waals surface area (Å²) in [5.74, 6) is 0. The van der Waals surface area contributed by atoms with E-state index >= 15 is 0 Å². The summed E-state index contributed by atoms with van der Waals surface area (Å²) in [6.07, 6.45) is 0. The van der Waals surface area contributed by atoms with Crippen molar-refractivity contribution in [1.82, 2.24) is 4.98 Å². The number of pyridine rings is 1. The summed E-state index contributed by atoms with van der Waals surface area (Å²) in [6.45, 7) is 1.97. The van der Waals surface area contributed by atoms with E-state index in [9.17, 15) is 0 Å². The summed E-state index contributed by atoms with van der Waals surface area (Å²) in [4.78, 5) is 4.04. The first-order valence-electron chi connectivity index (χ1n) is 4.11. The van der Waals surface area contributed by atoms with Gasteiger partial charge in [-0.05, 0) is 12.1 Å². The van der Waals surface area contributed by atoms with Gasteiger partial charge in [-0.1, -0.05) is 6.92 Å². The molecule has 74 valence electrons. The number of aromatic nitrogens is 1. The second-order valence-electron chi connectivity index (χ2n) is 2.81. The lowest BCUT2D eigenvalue weighted by Crippen LogP contribution is -2.03. The zero-order valence-corrected chi connectivity index (χ0v) is 8.58. The Bertz CT molecular complexity index is 362. The highest BCUT2D eigenvalue weighted by atomic mass is 32.2. The average molecular weight is 209 g/mol. The van der Waals surface area contributed by atoms with E-state index in [4.69, 9.17) is 16.1 Å². The average Bonchev–Trinajstić information content (AvgIpc) is 2.20. The van der Waals surface area contributed by atoms with E-state index in [1.807, 2.05) is 13.0 Å². The standard InChI is InChI=1S/C9H11N3OS/c1-6(5-13)14-9-3-2-7(11)8(4-10)12-9/h2-3,6,13H,5,11H2,1H3. The third kappa shape index (κ3) is 2.62. The molecule has 0 bridgehead atoms. The second-order valence-corrected chi connectivity index (χ2v) is 4.27. The van der Waals surface area contributed by atoms with Crippen molar-refractivity contribution < 1.29 is 5.11 Å². The van der Waals surface area contributed by atoms with Crippen LogP contribution in [0.1, 0.15) is 12.6 Å². The Morgan fingerprint density at radius 2 is 2.43 bits per heavy atom. The Balaban J connectivity index is 2.86. The highest BCUT2D eigenvalue weighted by Gasteiger charge is 2.06. The fraction of sp³-hybridized carbons (Fsp3) is 0.333. The molecule has 4 nitrogen and oxygen atoms in total. The van der Waals surface area contributed by atoms with E-state index in [1.54, 1.807) is 12.1 Å². The van der Waals surface area contributed by atoms with Crippen LogP contribution in [0.15, 0.2) is 17.2 Å². The molecule has 1 rings (SSSR count). The van der Waals surface area contributed by atoms with Crippen molar-refractivity contribution in [3.63, 3.8) is 0 Å². The van der Waals surface area contributed by atoms with E-state index in [-0.39, 0.29) is 17.6 Å². The van der Waals surface area contributed by atoms with Gasteiger partial charge in [-0.15, -0.1) is 11.8 Å². The quantitative estimate of drug-likeness (QED) is 0.726. The van der Waals surface area contributed by atoms with Crippen molar-refractivity contribution in [2.45, 2.75) is 17.2 Å². The summed E-state index contributed by atoms with van der Waals surface area (Å²) in [7, 11) is 0. The summed E-state index contributed by atoms with van der Waals surface area (Å²) >= 11 is 1.41. The normalized spacial score (nSPS) is 12.1. The van der Waals surface area contributed by atoms with E-state index in [1.165, 1.54) is 11.8 Å². The third-order valence-corrected chi connectivity index (χ3v) is 2.61. The van der Waals surface area contributed by atoms with Gasteiger partial charge in [-0.2, -0.15) is 5.26 Å². The fourth-order valence-corrected chi connectivity index (χ4v) is 1.63. The van der Waals surface area contributed by atoms with Crippen molar-refractivity contribution in [1.29, 1.82) is 5.26 Å². The molecule has 14 heavy (non-hydrogen) atoms. The number of nitriles is 1. The number of thioether (sulfide) groups is 1. The van der Waals surface area contributed by atoms with E-state index in [2.05, 4.69) is 4.98 Å². The minimum Gasteiger partial charge on any atom is -0.396 e. The van der Waals surface area contributed by atoms with Crippen molar-refractivity contribution in [2.75, 3.05) is 12.3 Å². The lowest BCUT2D eigenvalue weighted by Gasteiger charge is -2.06. The third-order valence-electron chi connectivity index (χ3n) is 1.59. The predicted molar refractivity (Wildman–Crippen MR) is 55.8 cm³/mol. The van der Waals surface area contributed by atoms with Gasteiger partial charge in [0.2, 0.25) is 0 Å². The van der Waals surface area contributed by atoms with Gasteiger partial charge in [0, 0.05) is 5.25 Å². The Kier molecular flexibility index (Phi) is 3.74. The fourth-order valence-electron chi connectivity index (χ4n) is 0.851. The maximum absolute atomic E-state index is 8.84. The summed E-state index contributed by atoms with van der Waals surface area (Å²) in [6, 6.07) is 5.31. The molecule has 0 amide bonds. The van der Waals surface area contributed by atoms with Gasteiger partial charge in [0.1, 0.15) is 6.07 Å². The number of nitrogen functional groups attached to an aromatic ring is 1. The molecule has 1 atom stereocenters. The van der Waals surface area contributed by atoms with Crippen molar-refractivity contribution >= 4 is 17.4 Å². The van der Waals surface area contributed by atoms with Crippen molar-refractivity contribution in [3.8, 4) is 6.07 Å². The smallest absolute Gasteiger partial charge is 0.164 e. The SMILES string of the molecule is CC(CO)Sc1ccc(N)c(C#N)n1. The molecule has 0 fully saturated rings. The Morgan fingerprint density at radius 1 is 1.71 bits per heavy atom. The Morgan fingerprint density at radius 3 is 3.00 bits per heavy atom. The molecule has 1 heterocycles. The molecule has 0 aliphatic heterocycles. The van der Waals surface area contributed by atoms with Crippen LogP contribution in [0.3, 0.4) is 0 Å². The molecule has 3 N–H and O–H groups in total. The lowest BCUT2D eigenvalue weighted by atomic mass is 10.3. The van der Waals surface area contributed by atoms with Gasteiger partial charge in [-0.25, -0.2) is 4.98 Å². The molecule has 0 saturated carbocycles. The number of hydrogen-bond donors (Lipinski definition) is 2. The van der Waals surface area contributed by atoms with Crippen molar-refractivity contribution in [2.24, 2.45) is 0 Å². The monoisotopic (exact) mass is 209 g/mol. The molecule has 1 aromatic heterocycles. The first-order chi connectivity index (χ1) is 6.67. The van der Waals surface area contributed by atoms with Crippen LogP contribution in [-0.2, 0) is 0 Å². The van der Waals surface area contributed by atoms with Crippen LogP contribution in [0.5, 0.6) is 0 Å². The Hall–Kier alpha value is -1.25. The van der Waals surface area contributed by atoms with Crippen LogP contribution in [-0.4, -0.2) is 21.9 Å². The van der Waals surface area contributed by atoms with Crippen LogP contribution in [0.4, 0.5) is 5.69 Å². The van der Waals surface area contributed by atoms with Crippen molar-refractivity contribution in [3.05, 3.63) is 17.8 Å². The van der Waals surface area contributed by atoms with Gasteiger partial charge in [-0.3, -0.25) is 0 Å². The lowest BCUT2D eigenvalue weighted by molar-refractivity contribution is 0.300. The second kappa shape index (κ2) is 4.84. The largest absolute Gasteiger partial charge is 0.396 e. The van der Waals surface area contributed by atoms with Crippen LogP contribution in [0.25, 0.3) is 0 Å². The zero-order valence-electron chi connectivity index (χ0n) is 7.77. The van der Waals surface area contributed by atoms with Gasteiger partial charge in [0.15, 0.2) is 5.69 Å². The maximum atomic E-state index is 8.84. The zero-order chi connectivity index (χ0) is 10.6. The highest BCUT2D eigenvalue weighted by Crippen LogP contribution is 2.22. The topological polar surface area (TPSA) is 82.9 Å². The van der Waals surface area contributed by atoms with Crippen LogP contribution < -0.4 is 5.73 Å². The molecule has 1 aromatic rings. The molecule has 0 saturated heterocycles. The van der Waals surface area contributed by atoms with E-state index < -0.39 is 0 Å². The molecule has 1 unspecified atom stereocenters. The molecule has 0 aliphatic rings. The van der Waals surface area contributed by atoms with Crippen LogP contribution in [0, 0.1) is 11.3 Å². The van der Waals surface area contributed by atoms with Crippen LogP contribution >= 0.6 is 11.8 Å². The number of aliphatic hydroxyl groups is 1. The van der Waals surface area contributed by atoms with Gasteiger partial charge in [0.05, 0.1) is 17.3 Å². The van der Waals surface area contributed by atoms with Gasteiger partial charge < -0.3 is 10.8 Å². The first kappa shape index (κ1) is 10.8. The summed E-state index contributed by atoms with van der Waals surface area (Å²) in [5, 5.41) is 18.3. The van der Waals surface area contributed by atoms with E-state index in [0.29, 0.717) is 10.7 Å². The predicted octanol–water partition coefficient (Wildman–Crippen LogP) is 1.01. The highest BCUT2D eigenvalue weighted by molar-refractivity contribution is 7.99. The molecule has 0 aromatic carbocycles. The number of nitrogens with zero attached hydrogens (tertiary/aromatic N) is 2. The number of nitrogens with two attached hydrogens (primary N) is 1. The Labute approximate surface area is 86.8 Å². The minimum absolute atomic E-state index is 0.0673. The summed E-state index contributed by atoms with van der Waals surface area (Å²) in [5.41, 5.74) is 6.14. The van der Waals surface area contributed by atoms with Gasteiger partial charge in [0.25, 0.3) is 0 Å². The van der Waals surface area contributed by atoms with Gasteiger partial charge >= 0.3 is 0 Å². The molecular weight excluding hydrogens is 198 g/mol.